The molecule has 0 saturated carbocycles. The van der Waals surface area contributed by atoms with Gasteiger partial charge < -0.3 is 9.64 Å². The zero-order chi connectivity index (χ0) is 18.7. The van der Waals surface area contributed by atoms with E-state index in [9.17, 15) is 0 Å². The van der Waals surface area contributed by atoms with Crippen molar-refractivity contribution in [2.24, 2.45) is 0 Å². The summed E-state index contributed by atoms with van der Waals surface area (Å²) in [7, 11) is 0. The van der Waals surface area contributed by atoms with E-state index in [1.807, 2.05) is 30.7 Å². The number of likely N-dealkylation sites (tertiary alicyclic amines) is 1. The zero-order valence-corrected chi connectivity index (χ0v) is 16.5. The van der Waals surface area contributed by atoms with Crippen molar-refractivity contribution < 1.29 is 4.74 Å². The molecular weight excluding hydrogens is 336 g/mol. The van der Waals surface area contributed by atoms with Crippen LogP contribution in [0, 0.1) is 0 Å². The van der Waals surface area contributed by atoms with Crippen LogP contribution >= 0.6 is 0 Å². The summed E-state index contributed by atoms with van der Waals surface area (Å²) in [6.07, 6.45) is 6.83. The van der Waals surface area contributed by atoms with Gasteiger partial charge in [0.25, 0.3) is 0 Å². The standard InChI is InChI=1S/C22H30N4O/c1-22(2,26-11-13-27-14-12-26)17-25-10-6-20(16-25)19-5-9-24-21(15-19)18-3-7-23-8-4-18/h3-5,7-9,15,20H,6,10-14,16-17H2,1-2H3/t20-/m1/s1. The molecule has 2 saturated heterocycles. The summed E-state index contributed by atoms with van der Waals surface area (Å²) >= 11 is 0. The van der Waals surface area contributed by atoms with E-state index in [0.717, 1.165) is 50.7 Å². The highest BCUT2D eigenvalue weighted by molar-refractivity contribution is 5.59. The number of nitrogens with zero attached hydrogens (tertiary/aromatic N) is 4. The van der Waals surface area contributed by atoms with Crippen molar-refractivity contribution in [2.45, 2.75) is 31.7 Å². The summed E-state index contributed by atoms with van der Waals surface area (Å²) < 4.78 is 5.52. The molecule has 2 aliphatic rings. The Morgan fingerprint density at radius 1 is 1.07 bits per heavy atom. The van der Waals surface area contributed by atoms with Gasteiger partial charge in [0.1, 0.15) is 0 Å². The van der Waals surface area contributed by atoms with Crippen LogP contribution < -0.4 is 0 Å². The predicted molar refractivity (Wildman–Crippen MR) is 108 cm³/mol. The van der Waals surface area contributed by atoms with Crippen LogP contribution in [0.2, 0.25) is 0 Å². The Kier molecular flexibility index (Phi) is 5.53. The lowest BCUT2D eigenvalue weighted by Gasteiger charge is -2.43. The summed E-state index contributed by atoms with van der Waals surface area (Å²) in [4.78, 5) is 13.9. The highest BCUT2D eigenvalue weighted by atomic mass is 16.5. The molecule has 27 heavy (non-hydrogen) atoms. The first kappa shape index (κ1) is 18.5. The topological polar surface area (TPSA) is 41.5 Å². The average molecular weight is 367 g/mol. The van der Waals surface area contributed by atoms with Gasteiger partial charge in [0.15, 0.2) is 0 Å². The second kappa shape index (κ2) is 8.05. The number of ether oxygens (including phenoxy) is 1. The Morgan fingerprint density at radius 2 is 1.85 bits per heavy atom. The molecule has 5 heteroatoms. The summed E-state index contributed by atoms with van der Waals surface area (Å²) in [6, 6.07) is 8.50. The summed E-state index contributed by atoms with van der Waals surface area (Å²) in [5, 5.41) is 0. The molecule has 0 N–H and O–H groups in total. The van der Waals surface area contributed by atoms with E-state index in [1.54, 1.807) is 0 Å². The van der Waals surface area contributed by atoms with Gasteiger partial charge in [-0.15, -0.1) is 0 Å². The van der Waals surface area contributed by atoms with Gasteiger partial charge in [-0.1, -0.05) is 0 Å². The monoisotopic (exact) mass is 366 g/mol. The van der Waals surface area contributed by atoms with Crippen LogP contribution in [-0.4, -0.2) is 71.2 Å². The van der Waals surface area contributed by atoms with Gasteiger partial charge in [-0.3, -0.25) is 14.9 Å². The first-order chi connectivity index (χ1) is 13.1. The van der Waals surface area contributed by atoms with Crippen LogP contribution in [-0.2, 0) is 4.74 Å². The van der Waals surface area contributed by atoms with Crippen LogP contribution in [0.5, 0.6) is 0 Å². The Balaban J connectivity index is 1.41. The van der Waals surface area contributed by atoms with E-state index in [1.165, 1.54) is 18.5 Å². The molecule has 1 atom stereocenters. The largest absolute Gasteiger partial charge is 0.379 e. The van der Waals surface area contributed by atoms with Crippen LogP contribution in [0.15, 0.2) is 42.9 Å². The molecule has 4 rings (SSSR count). The van der Waals surface area contributed by atoms with Crippen molar-refractivity contribution >= 4 is 0 Å². The summed E-state index contributed by atoms with van der Waals surface area (Å²) in [6.45, 7) is 12.0. The Bertz CT molecular complexity index is 743. The highest BCUT2D eigenvalue weighted by Gasteiger charge is 2.33. The van der Waals surface area contributed by atoms with Gasteiger partial charge >= 0.3 is 0 Å². The molecule has 4 heterocycles. The van der Waals surface area contributed by atoms with Crippen molar-refractivity contribution in [1.29, 1.82) is 0 Å². The number of aromatic nitrogens is 2. The van der Waals surface area contributed by atoms with E-state index in [2.05, 4.69) is 45.7 Å². The van der Waals surface area contributed by atoms with E-state index in [-0.39, 0.29) is 5.54 Å². The quantitative estimate of drug-likeness (QED) is 0.814. The first-order valence-electron chi connectivity index (χ1n) is 10.0. The van der Waals surface area contributed by atoms with Gasteiger partial charge in [0, 0.05) is 55.9 Å². The van der Waals surface area contributed by atoms with E-state index in [0.29, 0.717) is 5.92 Å². The van der Waals surface area contributed by atoms with Crippen LogP contribution in [0.4, 0.5) is 0 Å². The maximum Gasteiger partial charge on any atom is 0.0705 e. The zero-order valence-electron chi connectivity index (χ0n) is 16.5. The minimum Gasteiger partial charge on any atom is -0.379 e. The van der Waals surface area contributed by atoms with Gasteiger partial charge in [-0.05, 0) is 62.6 Å². The molecular formula is C22H30N4O. The SMILES string of the molecule is CC(C)(CN1CC[C@@H](c2ccnc(-c3ccncc3)c2)C1)N1CCOCC1. The highest BCUT2D eigenvalue weighted by Crippen LogP contribution is 2.31. The Morgan fingerprint density at radius 3 is 2.63 bits per heavy atom. The molecule has 2 aliphatic heterocycles. The summed E-state index contributed by atoms with van der Waals surface area (Å²) in [5.74, 6) is 0.592. The third-order valence-electron chi connectivity index (χ3n) is 5.98. The minimum absolute atomic E-state index is 0.194. The average Bonchev–Trinajstić information content (AvgIpc) is 3.17. The minimum atomic E-state index is 0.194. The molecule has 144 valence electrons. The van der Waals surface area contributed by atoms with Crippen molar-refractivity contribution in [2.75, 3.05) is 45.9 Å². The lowest BCUT2D eigenvalue weighted by Crippen LogP contribution is -2.55. The van der Waals surface area contributed by atoms with Crippen LogP contribution in [0.1, 0.15) is 31.7 Å². The number of hydrogen-bond acceptors (Lipinski definition) is 5. The molecule has 0 radical (unpaired) electrons. The third kappa shape index (κ3) is 4.37. The number of hydrogen-bond donors (Lipinski definition) is 0. The second-order valence-corrected chi connectivity index (χ2v) is 8.34. The fourth-order valence-electron chi connectivity index (χ4n) is 4.45. The van der Waals surface area contributed by atoms with Gasteiger partial charge in [0.05, 0.1) is 18.9 Å². The maximum absolute atomic E-state index is 5.52. The molecule has 0 spiro atoms. The molecule has 0 unspecified atom stereocenters. The Hall–Kier alpha value is -1.82. The van der Waals surface area contributed by atoms with Crippen molar-refractivity contribution in [3.63, 3.8) is 0 Å². The number of rotatable bonds is 5. The van der Waals surface area contributed by atoms with Gasteiger partial charge in [-0.2, -0.15) is 0 Å². The van der Waals surface area contributed by atoms with E-state index >= 15 is 0 Å². The van der Waals surface area contributed by atoms with E-state index < -0.39 is 0 Å². The lowest BCUT2D eigenvalue weighted by molar-refractivity contribution is -0.0197. The second-order valence-electron chi connectivity index (χ2n) is 8.34. The van der Waals surface area contributed by atoms with Crippen molar-refractivity contribution in [3.05, 3.63) is 48.4 Å². The molecule has 2 fully saturated rings. The maximum atomic E-state index is 5.52. The van der Waals surface area contributed by atoms with E-state index in [4.69, 9.17) is 4.74 Å². The first-order valence-corrected chi connectivity index (χ1v) is 10.0. The molecule has 5 nitrogen and oxygen atoms in total. The summed E-state index contributed by atoms with van der Waals surface area (Å²) in [5.41, 5.74) is 3.78. The molecule has 2 aromatic heterocycles. The molecule has 0 amide bonds. The smallest absolute Gasteiger partial charge is 0.0705 e. The predicted octanol–water partition coefficient (Wildman–Crippen LogP) is 3.04. The number of morpholine rings is 1. The molecule has 0 aliphatic carbocycles. The Labute approximate surface area is 162 Å². The molecule has 0 bridgehead atoms. The molecule has 2 aromatic rings. The normalized spacial score (nSPS) is 22.2. The van der Waals surface area contributed by atoms with Crippen molar-refractivity contribution in [1.82, 2.24) is 19.8 Å². The van der Waals surface area contributed by atoms with Crippen molar-refractivity contribution in [3.8, 4) is 11.3 Å². The molecule has 0 aromatic carbocycles. The van der Waals surface area contributed by atoms with Crippen LogP contribution in [0.25, 0.3) is 11.3 Å². The number of pyridine rings is 2. The fraction of sp³-hybridized carbons (Fsp3) is 0.545. The van der Waals surface area contributed by atoms with Crippen LogP contribution in [0.3, 0.4) is 0 Å². The third-order valence-corrected chi connectivity index (χ3v) is 5.98. The van der Waals surface area contributed by atoms with Gasteiger partial charge in [-0.25, -0.2) is 0 Å². The fourth-order valence-corrected chi connectivity index (χ4v) is 4.45. The lowest BCUT2D eigenvalue weighted by atomic mass is 9.97. The van der Waals surface area contributed by atoms with Gasteiger partial charge in [0.2, 0.25) is 0 Å².